The fourth-order valence-corrected chi connectivity index (χ4v) is 7.41. The van der Waals surface area contributed by atoms with Crippen LogP contribution < -0.4 is 10.7 Å². The van der Waals surface area contributed by atoms with Gasteiger partial charge in [0.2, 0.25) is 0 Å². The second-order valence-corrected chi connectivity index (χ2v) is 13.0. The van der Waals surface area contributed by atoms with Gasteiger partial charge >= 0.3 is 0 Å². The van der Waals surface area contributed by atoms with Gasteiger partial charge in [-0.3, -0.25) is 0 Å². The van der Waals surface area contributed by atoms with Crippen molar-refractivity contribution in [3.8, 4) is 33.4 Å². The SMILES string of the molecule is Clc1c2c(cc3c1=Nc1ccc(-c4ccc(C5=CCCC=C5)cc4)cc1C3)=Nc1ccc(-c3ccc(-c4ccccc4)cc3)cc1C2. The first kappa shape index (κ1) is 28.0. The van der Waals surface area contributed by atoms with Gasteiger partial charge in [-0.15, -0.1) is 0 Å². The van der Waals surface area contributed by atoms with Crippen LogP contribution in [0.25, 0.3) is 39.0 Å². The molecule has 0 aromatic heterocycles. The summed E-state index contributed by atoms with van der Waals surface area (Å²) in [6.45, 7) is 0. The van der Waals surface area contributed by atoms with E-state index >= 15 is 0 Å². The molecule has 6 aromatic carbocycles. The van der Waals surface area contributed by atoms with E-state index in [-0.39, 0.29) is 0 Å². The van der Waals surface area contributed by atoms with Crippen LogP contribution in [0, 0.1) is 0 Å². The number of nitrogens with zero attached hydrogens (tertiary/aromatic N) is 2. The summed E-state index contributed by atoms with van der Waals surface area (Å²) in [4.78, 5) is 10.2. The van der Waals surface area contributed by atoms with Crippen molar-refractivity contribution in [2.24, 2.45) is 9.98 Å². The molecule has 2 nitrogen and oxygen atoms in total. The smallest absolute Gasteiger partial charge is 0.0863 e. The van der Waals surface area contributed by atoms with Gasteiger partial charge in [0, 0.05) is 18.4 Å². The van der Waals surface area contributed by atoms with E-state index in [1.807, 2.05) is 6.07 Å². The molecule has 0 radical (unpaired) electrons. The number of rotatable bonds is 4. The summed E-state index contributed by atoms with van der Waals surface area (Å²) in [7, 11) is 0. The first-order chi connectivity index (χ1) is 23.2. The van der Waals surface area contributed by atoms with E-state index in [9.17, 15) is 0 Å². The molecule has 3 heteroatoms. The molecule has 47 heavy (non-hydrogen) atoms. The molecule has 2 heterocycles. The molecule has 6 aromatic rings. The van der Waals surface area contributed by atoms with Crippen LogP contribution in [0.2, 0.25) is 5.02 Å². The molecule has 0 spiro atoms. The van der Waals surface area contributed by atoms with Crippen LogP contribution in [0.3, 0.4) is 0 Å². The average Bonchev–Trinajstić information content (AvgIpc) is 3.14. The Labute approximate surface area is 279 Å². The number of allylic oxidation sites excluding steroid dienone is 4. The molecule has 224 valence electrons. The Kier molecular flexibility index (Phi) is 6.83. The normalized spacial score (nSPS) is 14.1. The maximum Gasteiger partial charge on any atom is 0.0863 e. The predicted octanol–water partition coefficient (Wildman–Crippen LogP) is 10.8. The molecule has 0 fully saturated rings. The van der Waals surface area contributed by atoms with Crippen molar-refractivity contribution in [3.63, 3.8) is 0 Å². The Morgan fingerprint density at radius 1 is 0.489 bits per heavy atom. The molecular weight excluding hydrogens is 592 g/mol. The second kappa shape index (κ2) is 11.5. The third kappa shape index (κ3) is 5.16. The minimum absolute atomic E-state index is 0.723. The molecule has 0 amide bonds. The Bertz CT molecular complexity index is 2380. The van der Waals surface area contributed by atoms with Gasteiger partial charge in [-0.05, 0) is 104 Å². The van der Waals surface area contributed by atoms with E-state index in [1.54, 1.807) is 0 Å². The summed E-state index contributed by atoms with van der Waals surface area (Å²) in [5.74, 6) is 0. The summed E-state index contributed by atoms with van der Waals surface area (Å²) in [5, 5.41) is 2.56. The number of hydrogen-bond acceptors (Lipinski definition) is 2. The van der Waals surface area contributed by atoms with Crippen molar-refractivity contribution in [3.05, 3.63) is 183 Å². The third-order valence-electron chi connectivity index (χ3n) is 9.65. The van der Waals surface area contributed by atoms with Crippen molar-refractivity contribution >= 4 is 28.5 Å². The van der Waals surface area contributed by atoms with Gasteiger partial charge in [-0.2, -0.15) is 0 Å². The molecule has 2 aliphatic heterocycles. The van der Waals surface area contributed by atoms with Gasteiger partial charge in [0.25, 0.3) is 0 Å². The standard InChI is InChI=1S/C44H31ClN2/c45-43-39-26-37-24-35(33-17-13-31(14-18-33)29-9-5-2-6-10-29)19-21-40(37)46-42(39)27-38-25-36-23-34(20-22-41(36)47-44(38)43)32-15-11-30(12-16-32)28-7-3-1-4-8-28/h2-3,5-24,27H,1,4,25-26H2. The summed E-state index contributed by atoms with van der Waals surface area (Å²) >= 11 is 7.15. The zero-order valence-corrected chi connectivity index (χ0v) is 26.6. The molecule has 0 N–H and O–H groups in total. The van der Waals surface area contributed by atoms with E-state index in [0.29, 0.717) is 0 Å². The Balaban J connectivity index is 1.01. The number of benzene rings is 6. The van der Waals surface area contributed by atoms with Crippen molar-refractivity contribution in [2.45, 2.75) is 25.7 Å². The topological polar surface area (TPSA) is 24.7 Å². The fraction of sp³-hybridized carbons (Fsp3) is 0.0909. The largest absolute Gasteiger partial charge is 0.248 e. The first-order valence-corrected chi connectivity index (χ1v) is 16.7. The molecule has 0 saturated carbocycles. The minimum Gasteiger partial charge on any atom is -0.248 e. The maximum absolute atomic E-state index is 7.15. The summed E-state index contributed by atoms with van der Waals surface area (Å²) in [6, 6.07) is 43.6. The average molecular weight is 623 g/mol. The fourth-order valence-electron chi connectivity index (χ4n) is 7.09. The summed E-state index contributed by atoms with van der Waals surface area (Å²) in [5.41, 5.74) is 16.4. The lowest BCUT2D eigenvalue weighted by molar-refractivity contribution is 1.01. The molecule has 9 rings (SSSR count). The zero-order chi connectivity index (χ0) is 31.3. The molecule has 0 atom stereocenters. The van der Waals surface area contributed by atoms with E-state index in [2.05, 4.69) is 133 Å². The zero-order valence-electron chi connectivity index (χ0n) is 25.9. The first-order valence-electron chi connectivity index (χ1n) is 16.3. The third-order valence-corrected chi connectivity index (χ3v) is 10.1. The monoisotopic (exact) mass is 622 g/mol. The van der Waals surface area contributed by atoms with Crippen LogP contribution >= 0.6 is 11.6 Å². The van der Waals surface area contributed by atoms with Crippen LogP contribution in [-0.2, 0) is 12.8 Å². The highest BCUT2D eigenvalue weighted by Gasteiger charge is 2.21. The molecule has 1 aliphatic carbocycles. The lowest BCUT2D eigenvalue weighted by Gasteiger charge is -2.20. The molecular formula is C44H31ClN2. The Morgan fingerprint density at radius 3 is 1.72 bits per heavy atom. The number of fused-ring (bicyclic) bond motifs is 4. The summed E-state index contributed by atoms with van der Waals surface area (Å²) in [6.07, 6.45) is 10.6. The number of halogens is 1. The lowest BCUT2D eigenvalue weighted by atomic mass is 9.91. The molecule has 3 aliphatic rings. The van der Waals surface area contributed by atoms with E-state index in [0.717, 1.165) is 63.9 Å². The van der Waals surface area contributed by atoms with Crippen molar-refractivity contribution in [1.29, 1.82) is 0 Å². The van der Waals surface area contributed by atoms with Gasteiger partial charge in [0.1, 0.15) is 0 Å². The van der Waals surface area contributed by atoms with Gasteiger partial charge in [0.05, 0.1) is 27.1 Å². The highest BCUT2D eigenvalue weighted by molar-refractivity contribution is 6.31. The number of hydrogen-bond donors (Lipinski definition) is 0. The molecule has 0 saturated heterocycles. The van der Waals surface area contributed by atoms with Crippen LogP contribution in [0.1, 0.15) is 40.7 Å². The quantitative estimate of drug-likeness (QED) is 0.186. The van der Waals surface area contributed by atoms with Crippen LogP contribution in [0.15, 0.2) is 150 Å². The summed E-state index contributed by atoms with van der Waals surface area (Å²) < 4.78 is 0. The van der Waals surface area contributed by atoms with Crippen molar-refractivity contribution < 1.29 is 0 Å². The Hall–Kier alpha value is -5.31. The van der Waals surface area contributed by atoms with Crippen molar-refractivity contribution in [2.75, 3.05) is 0 Å². The highest BCUT2D eigenvalue weighted by Crippen LogP contribution is 2.35. The van der Waals surface area contributed by atoms with Gasteiger partial charge < -0.3 is 0 Å². The van der Waals surface area contributed by atoms with E-state index < -0.39 is 0 Å². The second-order valence-electron chi connectivity index (χ2n) is 12.6. The minimum atomic E-state index is 0.723. The molecule has 0 bridgehead atoms. The van der Waals surface area contributed by atoms with E-state index in [4.69, 9.17) is 21.6 Å². The predicted molar refractivity (Wildman–Crippen MR) is 194 cm³/mol. The van der Waals surface area contributed by atoms with Gasteiger partial charge in [-0.25, -0.2) is 9.98 Å². The van der Waals surface area contributed by atoms with E-state index in [1.165, 1.54) is 55.6 Å². The van der Waals surface area contributed by atoms with Crippen LogP contribution in [-0.4, -0.2) is 0 Å². The van der Waals surface area contributed by atoms with Crippen LogP contribution in [0.4, 0.5) is 11.4 Å². The van der Waals surface area contributed by atoms with Gasteiger partial charge in [-0.1, -0.05) is 121 Å². The highest BCUT2D eigenvalue weighted by atomic mass is 35.5. The van der Waals surface area contributed by atoms with Gasteiger partial charge in [0.15, 0.2) is 0 Å². The Morgan fingerprint density at radius 2 is 1.06 bits per heavy atom. The van der Waals surface area contributed by atoms with Crippen LogP contribution in [0.5, 0.6) is 0 Å². The van der Waals surface area contributed by atoms with Crippen molar-refractivity contribution in [1.82, 2.24) is 0 Å². The maximum atomic E-state index is 7.15. The lowest BCUT2D eigenvalue weighted by Crippen LogP contribution is -2.26. The molecule has 0 unspecified atom stereocenters.